The number of hydrogen-bond acceptors (Lipinski definition) is 3. The molecule has 0 heterocycles. The first kappa shape index (κ1) is 14.8. The Morgan fingerprint density at radius 2 is 2.11 bits per heavy atom. The predicted molar refractivity (Wildman–Crippen MR) is 72.8 cm³/mol. The third kappa shape index (κ3) is 4.55. The molecule has 0 fully saturated rings. The van der Waals surface area contributed by atoms with Crippen molar-refractivity contribution in [2.24, 2.45) is 5.73 Å². The first-order chi connectivity index (χ1) is 8.30. The van der Waals surface area contributed by atoms with Crippen molar-refractivity contribution in [1.82, 2.24) is 5.32 Å². The van der Waals surface area contributed by atoms with Crippen LogP contribution >= 0.6 is 11.6 Å². The van der Waals surface area contributed by atoms with Crippen LogP contribution in [0.5, 0.6) is 5.75 Å². The van der Waals surface area contributed by atoms with Gasteiger partial charge in [-0.3, -0.25) is 4.79 Å². The van der Waals surface area contributed by atoms with Gasteiger partial charge < -0.3 is 15.8 Å². The smallest absolute Gasteiger partial charge is 0.239 e. The van der Waals surface area contributed by atoms with Crippen LogP contribution < -0.4 is 15.8 Å². The standard InChI is InChI=1S/C13H19ClN2O2/c1-9(8-16-12(17)13(2,3)15)18-11-7-5-4-6-10(11)14/h4-7,9H,8,15H2,1-3H3,(H,16,17). The van der Waals surface area contributed by atoms with E-state index in [4.69, 9.17) is 22.1 Å². The molecule has 1 unspecified atom stereocenters. The molecule has 18 heavy (non-hydrogen) atoms. The molecule has 0 aliphatic heterocycles. The summed E-state index contributed by atoms with van der Waals surface area (Å²) >= 11 is 5.97. The number of nitrogens with two attached hydrogens (primary N) is 1. The van der Waals surface area contributed by atoms with E-state index in [1.54, 1.807) is 26.0 Å². The van der Waals surface area contributed by atoms with Gasteiger partial charge in [-0.1, -0.05) is 23.7 Å². The van der Waals surface area contributed by atoms with E-state index in [0.717, 1.165) is 0 Å². The van der Waals surface area contributed by atoms with Gasteiger partial charge in [-0.15, -0.1) is 0 Å². The molecule has 0 aliphatic carbocycles. The number of rotatable bonds is 5. The Morgan fingerprint density at radius 1 is 1.50 bits per heavy atom. The van der Waals surface area contributed by atoms with Gasteiger partial charge in [0.15, 0.2) is 0 Å². The average molecular weight is 271 g/mol. The molecule has 0 aromatic heterocycles. The molecule has 1 atom stereocenters. The number of hydrogen-bond donors (Lipinski definition) is 2. The molecule has 0 saturated heterocycles. The Labute approximate surface area is 112 Å². The maximum Gasteiger partial charge on any atom is 0.239 e. The number of amides is 1. The molecule has 0 saturated carbocycles. The number of para-hydroxylation sites is 1. The molecular formula is C13H19ClN2O2. The van der Waals surface area contributed by atoms with Gasteiger partial charge in [0.1, 0.15) is 11.9 Å². The Kier molecular flexibility index (Phi) is 4.99. The second-order valence-electron chi connectivity index (χ2n) is 4.79. The van der Waals surface area contributed by atoms with Gasteiger partial charge in [0.2, 0.25) is 5.91 Å². The minimum absolute atomic E-state index is 0.184. The highest BCUT2D eigenvalue weighted by molar-refractivity contribution is 6.32. The minimum Gasteiger partial charge on any atom is -0.487 e. The normalized spacial score (nSPS) is 12.9. The summed E-state index contributed by atoms with van der Waals surface area (Å²) in [5.41, 5.74) is 4.78. The van der Waals surface area contributed by atoms with Gasteiger partial charge in [0.05, 0.1) is 17.1 Å². The number of ether oxygens (including phenoxy) is 1. The lowest BCUT2D eigenvalue weighted by molar-refractivity contribution is -0.125. The van der Waals surface area contributed by atoms with Crippen molar-refractivity contribution < 1.29 is 9.53 Å². The maximum atomic E-state index is 11.6. The molecule has 1 aromatic carbocycles. The van der Waals surface area contributed by atoms with Gasteiger partial charge in [0.25, 0.3) is 0 Å². The van der Waals surface area contributed by atoms with E-state index in [0.29, 0.717) is 17.3 Å². The Hall–Kier alpha value is -1.26. The van der Waals surface area contributed by atoms with E-state index in [1.165, 1.54) is 0 Å². The predicted octanol–water partition coefficient (Wildman–Crippen LogP) is 1.96. The van der Waals surface area contributed by atoms with Crippen LogP contribution in [0.4, 0.5) is 0 Å². The summed E-state index contributed by atoms with van der Waals surface area (Å²) in [4.78, 5) is 11.6. The largest absolute Gasteiger partial charge is 0.487 e. The molecule has 0 bridgehead atoms. The van der Waals surface area contributed by atoms with E-state index in [-0.39, 0.29) is 12.0 Å². The molecule has 0 spiro atoms. The van der Waals surface area contributed by atoms with Crippen LogP contribution in [0.3, 0.4) is 0 Å². The van der Waals surface area contributed by atoms with Crippen molar-refractivity contribution >= 4 is 17.5 Å². The van der Waals surface area contributed by atoms with Gasteiger partial charge in [-0.25, -0.2) is 0 Å². The van der Waals surface area contributed by atoms with Crippen molar-refractivity contribution in [2.75, 3.05) is 6.54 Å². The van der Waals surface area contributed by atoms with E-state index < -0.39 is 5.54 Å². The van der Waals surface area contributed by atoms with Gasteiger partial charge >= 0.3 is 0 Å². The Bertz CT molecular complexity index is 416. The maximum absolute atomic E-state index is 11.6. The van der Waals surface area contributed by atoms with Crippen molar-refractivity contribution in [1.29, 1.82) is 0 Å². The number of nitrogens with one attached hydrogen (secondary N) is 1. The number of carbonyl (C=O) groups is 1. The first-order valence-corrected chi connectivity index (χ1v) is 6.17. The fourth-order valence-electron chi connectivity index (χ4n) is 1.26. The Morgan fingerprint density at radius 3 is 2.67 bits per heavy atom. The van der Waals surface area contributed by atoms with E-state index in [1.807, 2.05) is 19.1 Å². The zero-order valence-electron chi connectivity index (χ0n) is 10.9. The van der Waals surface area contributed by atoms with Crippen molar-refractivity contribution in [3.8, 4) is 5.75 Å². The van der Waals surface area contributed by atoms with Crippen LogP contribution in [0.15, 0.2) is 24.3 Å². The number of carbonyl (C=O) groups excluding carboxylic acids is 1. The summed E-state index contributed by atoms with van der Waals surface area (Å²) in [7, 11) is 0. The van der Waals surface area contributed by atoms with Gasteiger partial charge in [0, 0.05) is 0 Å². The lowest BCUT2D eigenvalue weighted by Gasteiger charge is -2.21. The van der Waals surface area contributed by atoms with Crippen LogP contribution in [0.1, 0.15) is 20.8 Å². The molecule has 100 valence electrons. The summed E-state index contributed by atoms with van der Waals surface area (Å²) in [6, 6.07) is 7.22. The molecule has 1 aromatic rings. The van der Waals surface area contributed by atoms with E-state index in [9.17, 15) is 4.79 Å². The van der Waals surface area contributed by atoms with Gasteiger partial charge in [-0.2, -0.15) is 0 Å². The van der Waals surface area contributed by atoms with E-state index >= 15 is 0 Å². The summed E-state index contributed by atoms with van der Waals surface area (Å²) < 4.78 is 5.62. The second kappa shape index (κ2) is 6.07. The summed E-state index contributed by atoms with van der Waals surface area (Å²) in [5, 5.41) is 3.28. The van der Waals surface area contributed by atoms with Crippen LogP contribution in [0.2, 0.25) is 5.02 Å². The second-order valence-corrected chi connectivity index (χ2v) is 5.20. The Balaban J connectivity index is 2.46. The topological polar surface area (TPSA) is 64.4 Å². The highest BCUT2D eigenvalue weighted by atomic mass is 35.5. The van der Waals surface area contributed by atoms with Crippen LogP contribution in [-0.4, -0.2) is 24.1 Å². The first-order valence-electron chi connectivity index (χ1n) is 5.79. The van der Waals surface area contributed by atoms with Crippen LogP contribution in [0.25, 0.3) is 0 Å². The monoisotopic (exact) mass is 270 g/mol. The fraction of sp³-hybridized carbons (Fsp3) is 0.462. The van der Waals surface area contributed by atoms with Gasteiger partial charge in [-0.05, 0) is 32.9 Å². The lowest BCUT2D eigenvalue weighted by atomic mass is 10.1. The highest BCUT2D eigenvalue weighted by Gasteiger charge is 2.22. The molecule has 4 nitrogen and oxygen atoms in total. The molecule has 1 amide bonds. The summed E-state index contributed by atoms with van der Waals surface area (Å²) in [6.07, 6.45) is -0.184. The quantitative estimate of drug-likeness (QED) is 0.860. The zero-order chi connectivity index (χ0) is 13.8. The highest BCUT2D eigenvalue weighted by Crippen LogP contribution is 2.23. The number of halogens is 1. The van der Waals surface area contributed by atoms with Crippen molar-refractivity contribution in [3.63, 3.8) is 0 Å². The SMILES string of the molecule is CC(CNC(=O)C(C)(C)N)Oc1ccccc1Cl. The van der Waals surface area contributed by atoms with Crippen molar-refractivity contribution in [3.05, 3.63) is 29.3 Å². The number of benzene rings is 1. The molecule has 3 N–H and O–H groups in total. The van der Waals surface area contributed by atoms with Crippen molar-refractivity contribution in [2.45, 2.75) is 32.4 Å². The summed E-state index contributed by atoms with van der Waals surface area (Å²) in [6.45, 7) is 5.54. The molecular weight excluding hydrogens is 252 g/mol. The van der Waals surface area contributed by atoms with E-state index in [2.05, 4.69) is 5.32 Å². The summed E-state index contributed by atoms with van der Waals surface area (Å²) in [5.74, 6) is 0.394. The fourth-order valence-corrected chi connectivity index (χ4v) is 1.44. The molecule has 1 rings (SSSR count). The third-order valence-corrected chi connectivity index (χ3v) is 2.61. The molecule has 5 heteroatoms. The molecule has 0 aliphatic rings. The minimum atomic E-state index is -0.885. The lowest BCUT2D eigenvalue weighted by Crippen LogP contribution is -2.50. The molecule has 0 radical (unpaired) electrons. The average Bonchev–Trinajstić information content (AvgIpc) is 2.27. The third-order valence-electron chi connectivity index (χ3n) is 2.30. The zero-order valence-corrected chi connectivity index (χ0v) is 11.6. The van der Waals surface area contributed by atoms with Crippen LogP contribution in [-0.2, 0) is 4.79 Å². The van der Waals surface area contributed by atoms with Crippen LogP contribution in [0, 0.1) is 0 Å².